The summed E-state index contributed by atoms with van der Waals surface area (Å²) < 4.78 is 0. The molecule has 3 nitrogen and oxygen atoms in total. The van der Waals surface area contributed by atoms with E-state index in [1.807, 2.05) is 44.2 Å². The summed E-state index contributed by atoms with van der Waals surface area (Å²) in [4.78, 5) is 12.9. The van der Waals surface area contributed by atoms with E-state index in [2.05, 4.69) is 11.0 Å². The summed E-state index contributed by atoms with van der Waals surface area (Å²) in [5, 5.41) is 9.28. The molecule has 100 valence electrons. The van der Waals surface area contributed by atoms with Crippen LogP contribution in [0.1, 0.15) is 28.4 Å². The molecule has 0 spiro atoms. The molecule has 2 aromatic carbocycles. The fraction of sp³-hybridized carbons (Fsp3) is 0.176. The predicted molar refractivity (Wildman–Crippen MR) is 80.4 cm³/mol. The molecule has 0 amide bonds. The Morgan fingerprint density at radius 3 is 2.45 bits per heavy atom. The van der Waals surface area contributed by atoms with Crippen LogP contribution in [0.5, 0.6) is 0 Å². The highest BCUT2D eigenvalue weighted by atomic mass is 16.1. The number of benzene rings is 2. The third-order valence-corrected chi connectivity index (χ3v) is 3.23. The minimum absolute atomic E-state index is 0.511. The van der Waals surface area contributed by atoms with Crippen LogP contribution in [0.4, 0.5) is 11.4 Å². The Morgan fingerprint density at radius 2 is 1.90 bits per heavy atom. The van der Waals surface area contributed by atoms with E-state index < -0.39 is 0 Å². The van der Waals surface area contributed by atoms with Gasteiger partial charge in [-0.05, 0) is 44.2 Å². The van der Waals surface area contributed by atoms with E-state index in [1.54, 1.807) is 12.1 Å². The number of nitriles is 1. The van der Waals surface area contributed by atoms with Crippen molar-refractivity contribution in [2.75, 3.05) is 11.4 Å². The quantitative estimate of drug-likeness (QED) is 0.788. The first-order valence-corrected chi connectivity index (χ1v) is 6.53. The van der Waals surface area contributed by atoms with Gasteiger partial charge in [0.1, 0.15) is 12.4 Å². The fourth-order valence-electron chi connectivity index (χ4n) is 2.17. The molecule has 0 unspecified atom stereocenters. The van der Waals surface area contributed by atoms with E-state index in [0.29, 0.717) is 11.1 Å². The van der Waals surface area contributed by atoms with E-state index >= 15 is 0 Å². The highest BCUT2D eigenvalue weighted by Gasteiger charge is 2.12. The largest absolute Gasteiger partial charge is 0.341 e. The van der Waals surface area contributed by atoms with Gasteiger partial charge in [-0.1, -0.05) is 17.7 Å². The van der Waals surface area contributed by atoms with E-state index in [9.17, 15) is 10.1 Å². The SMILES string of the molecule is CCN(c1ccc(C)cc1)c1ccc(C=O)cc1C#N. The lowest BCUT2D eigenvalue weighted by Gasteiger charge is -2.24. The summed E-state index contributed by atoms with van der Waals surface area (Å²) in [5.74, 6) is 0. The van der Waals surface area contributed by atoms with Gasteiger partial charge in [-0.3, -0.25) is 4.79 Å². The zero-order valence-corrected chi connectivity index (χ0v) is 11.6. The van der Waals surface area contributed by atoms with Gasteiger partial charge in [-0.15, -0.1) is 0 Å². The summed E-state index contributed by atoms with van der Waals surface area (Å²) >= 11 is 0. The van der Waals surface area contributed by atoms with Crippen molar-refractivity contribution in [3.63, 3.8) is 0 Å². The Balaban J connectivity index is 2.49. The van der Waals surface area contributed by atoms with E-state index in [-0.39, 0.29) is 0 Å². The van der Waals surface area contributed by atoms with Gasteiger partial charge in [-0.25, -0.2) is 0 Å². The van der Waals surface area contributed by atoms with Crippen molar-refractivity contribution >= 4 is 17.7 Å². The first-order chi connectivity index (χ1) is 9.69. The van der Waals surface area contributed by atoms with Gasteiger partial charge in [0.2, 0.25) is 0 Å². The van der Waals surface area contributed by atoms with Crippen molar-refractivity contribution in [1.29, 1.82) is 5.26 Å². The molecule has 0 radical (unpaired) electrons. The highest BCUT2D eigenvalue weighted by Crippen LogP contribution is 2.28. The number of rotatable bonds is 4. The number of hydrogen-bond donors (Lipinski definition) is 0. The second kappa shape index (κ2) is 6.03. The zero-order chi connectivity index (χ0) is 14.5. The number of anilines is 2. The Labute approximate surface area is 119 Å². The Bertz CT molecular complexity index is 654. The van der Waals surface area contributed by atoms with Crippen LogP contribution in [0.15, 0.2) is 42.5 Å². The van der Waals surface area contributed by atoms with Crippen molar-refractivity contribution in [2.45, 2.75) is 13.8 Å². The van der Waals surface area contributed by atoms with Crippen molar-refractivity contribution in [3.05, 3.63) is 59.2 Å². The first-order valence-electron chi connectivity index (χ1n) is 6.53. The maximum Gasteiger partial charge on any atom is 0.150 e. The monoisotopic (exact) mass is 264 g/mol. The van der Waals surface area contributed by atoms with Crippen LogP contribution in [0.3, 0.4) is 0 Å². The molecule has 0 fully saturated rings. The summed E-state index contributed by atoms with van der Waals surface area (Å²) in [6.07, 6.45) is 0.757. The Hall–Kier alpha value is -2.60. The average molecular weight is 264 g/mol. The second-order valence-corrected chi connectivity index (χ2v) is 4.59. The van der Waals surface area contributed by atoms with Gasteiger partial charge in [0.15, 0.2) is 0 Å². The molecule has 2 rings (SSSR count). The zero-order valence-electron chi connectivity index (χ0n) is 11.6. The van der Waals surface area contributed by atoms with E-state index in [1.165, 1.54) is 5.56 Å². The van der Waals surface area contributed by atoms with Gasteiger partial charge in [0.05, 0.1) is 11.3 Å². The lowest BCUT2D eigenvalue weighted by Crippen LogP contribution is -2.17. The summed E-state index contributed by atoms with van der Waals surface area (Å²) in [7, 11) is 0. The summed E-state index contributed by atoms with van der Waals surface area (Å²) in [6, 6.07) is 15.5. The standard InChI is InChI=1S/C17H16N2O/c1-3-19(16-7-4-13(2)5-8-16)17-9-6-14(12-20)10-15(17)11-18/h4-10,12H,3H2,1-2H3. The number of carbonyl (C=O) groups is 1. The molecule has 0 N–H and O–H groups in total. The molecule has 0 aliphatic heterocycles. The van der Waals surface area contributed by atoms with Crippen molar-refractivity contribution in [1.82, 2.24) is 0 Å². The third-order valence-electron chi connectivity index (χ3n) is 3.23. The van der Waals surface area contributed by atoms with Gasteiger partial charge >= 0.3 is 0 Å². The fourth-order valence-corrected chi connectivity index (χ4v) is 2.17. The van der Waals surface area contributed by atoms with Crippen molar-refractivity contribution in [2.24, 2.45) is 0 Å². The number of nitrogens with zero attached hydrogens (tertiary/aromatic N) is 2. The molecule has 0 aliphatic carbocycles. The van der Waals surface area contributed by atoms with Gasteiger partial charge in [-0.2, -0.15) is 5.26 Å². The normalized spacial score (nSPS) is 9.85. The molecular formula is C17H16N2O. The summed E-state index contributed by atoms with van der Waals surface area (Å²) in [6.45, 7) is 4.83. The maximum absolute atomic E-state index is 10.8. The lowest BCUT2D eigenvalue weighted by atomic mass is 10.1. The third kappa shape index (κ3) is 2.70. The van der Waals surface area contributed by atoms with Crippen molar-refractivity contribution < 1.29 is 4.79 Å². The molecule has 0 aliphatic rings. The molecule has 20 heavy (non-hydrogen) atoms. The Morgan fingerprint density at radius 1 is 1.20 bits per heavy atom. The highest BCUT2D eigenvalue weighted by molar-refractivity contribution is 5.79. The molecule has 0 aromatic heterocycles. The molecule has 0 saturated carbocycles. The van der Waals surface area contributed by atoms with Crippen LogP contribution in [-0.4, -0.2) is 12.8 Å². The smallest absolute Gasteiger partial charge is 0.150 e. The second-order valence-electron chi connectivity index (χ2n) is 4.59. The molecule has 0 atom stereocenters. The van der Waals surface area contributed by atoms with Crippen LogP contribution < -0.4 is 4.90 Å². The van der Waals surface area contributed by atoms with Crippen LogP contribution in [0.25, 0.3) is 0 Å². The molecule has 0 saturated heterocycles. The number of aryl methyl sites for hydroxylation is 1. The number of carbonyl (C=O) groups excluding carboxylic acids is 1. The maximum atomic E-state index is 10.8. The van der Waals surface area contributed by atoms with Gasteiger partial charge in [0, 0.05) is 17.8 Å². The molecule has 2 aromatic rings. The number of hydrogen-bond acceptors (Lipinski definition) is 3. The van der Waals surface area contributed by atoms with Gasteiger partial charge < -0.3 is 4.90 Å². The molecule has 3 heteroatoms. The van der Waals surface area contributed by atoms with Crippen LogP contribution in [0.2, 0.25) is 0 Å². The van der Waals surface area contributed by atoms with Gasteiger partial charge in [0.25, 0.3) is 0 Å². The first kappa shape index (κ1) is 13.8. The molecule has 0 bridgehead atoms. The van der Waals surface area contributed by atoms with E-state index in [0.717, 1.165) is 24.2 Å². The van der Waals surface area contributed by atoms with Crippen LogP contribution in [0, 0.1) is 18.3 Å². The topological polar surface area (TPSA) is 44.1 Å². The molecule has 0 heterocycles. The summed E-state index contributed by atoms with van der Waals surface area (Å²) in [5.41, 5.74) is 4.09. The predicted octanol–water partition coefficient (Wildman–Crippen LogP) is 3.84. The minimum Gasteiger partial charge on any atom is -0.341 e. The van der Waals surface area contributed by atoms with Crippen LogP contribution >= 0.6 is 0 Å². The minimum atomic E-state index is 0.511. The molecular weight excluding hydrogens is 248 g/mol. The Kier molecular flexibility index (Phi) is 4.17. The lowest BCUT2D eigenvalue weighted by molar-refractivity contribution is 0.112. The van der Waals surface area contributed by atoms with E-state index in [4.69, 9.17) is 0 Å². The van der Waals surface area contributed by atoms with Crippen LogP contribution in [-0.2, 0) is 0 Å². The average Bonchev–Trinajstić information content (AvgIpc) is 2.50. The van der Waals surface area contributed by atoms with Crippen molar-refractivity contribution in [3.8, 4) is 6.07 Å². The number of aldehydes is 1.